The SMILES string of the molecule is CCOc1ccc(C(=O)c2cc(N)c(F)cc2F)cc1. The number of carbonyl (C=O) groups excluding carboxylic acids is 1. The van der Waals surface area contributed by atoms with Crippen LogP contribution < -0.4 is 10.5 Å². The van der Waals surface area contributed by atoms with Gasteiger partial charge in [0.15, 0.2) is 5.78 Å². The minimum Gasteiger partial charge on any atom is -0.494 e. The molecule has 0 unspecified atom stereocenters. The van der Waals surface area contributed by atoms with Gasteiger partial charge in [0.1, 0.15) is 17.4 Å². The van der Waals surface area contributed by atoms with Gasteiger partial charge in [0.2, 0.25) is 0 Å². The first kappa shape index (κ1) is 14.0. The van der Waals surface area contributed by atoms with E-state index in [2.05, 4.69) is 0 Å². The van der Waals surface area contributed by atoms with Gasteiger partial charge in [-0.2, -0.15) is 0 Å². The molecule has 20 heavy (non-hydrogen) atoms. The monoisotopic (exact) mass is 277 g/mol. The van der Waals surface area contributed by atoms with Gasteiger partial charge >= 0.3 is 0 Å². The molecule has 0 spiro atoms. The third-order valence-corrected chi connectivity index (χ3v) is 2.76. The predicted molar refractivity (Wildman–Crippen MR) is 71.8 cm³/mol. The highest BCUT2D eigenvalue weighted by Gasteiger charge is 2.16. The van der Waals surface area contributed by atoms with Crippen LogP contribution in [0.15, 0.2) is 36.4 Å². The summed E-state index contributed by atoms with van der Waals surface area (Å²) in [6.07, 6.45) is 0. The average Bonchev–Trinajstić information content (AvgIpc) is 2.43. The molecule has 0 bridgehead atoms. The largest absolute Gasteiger partial charge is 0.494 e. The molecule has 2 rings (SSSR count). The Morgan fingerprint density at radius 3 is 2.40 bits per heavy atom. The Labute approximate surface area is 115 Å². The Morgan fingerprint density at radius 2 is 1.80 bits per heavy atom. The van der Waals surface area contributed by atoms with Gasteiger partial charge in [0.05, 0.1) is 17.9 Å². The summed E-state index contributed by atoms with van der Waals surface area (Å²) in [6.45, 7) is 2.35. The van der Waals surface area contributed by atoms with Crippen molar-refractivity contribution in [2.75, 3.05) is 12.3 Å². The van der Waals surface area contributed by atoms with Crippen LogP contribution in [0.25, 0.3) is 0 Å². The molecule has 0 aromatic heterocycles. The van der Waals surface area contributed by atoms with E-state index in [0.29, 0.717) is 18.4 Å². The molecule has 0 heterocycles. The Morgan fingerprint density at radius 1 is 1.15 bits per heavy atom. The van der Waals surface area contributed by atoms with Crippen molar-refractivity contribution in [1.29, 1.82) is 0 Å². The highest BCUT2D eigenvalue weighted by Crippen LogP contribution is 2.21. The summed E-state index contributed by atoms with van der Waals surface area (Å²) < 4.78 is 31.9. The summed E-state index contributed by atoms with van der Waals surface area (Å²) in [7, 11) is 0. The van der Waals surface area contributed by atoms with Gasteiger partial charge in [-0.3, -0.25) is 4.79 Å². The van der Waals surface area contributed by atoms with E-state index < -0.39 is 17.4 Å². The minimum absolute atomic E-state index is 0.256. The van der Waals surface area contributed by atoms with E-state index in [1.807, 2.05) is 6.92 Å². The maximum absolute atomic E-state index is 13.6. The fourth-order valence-corrected chi connectivity index (χ4v) is 1.76. The summed E-state index contributed by atoms with van der Waals surface area (Å²) in [5, 5.41) is 0. The lowest BCUT2D eigenvalue weighted by Gasteiger charge is -2.06. The van der Waals surface area contributed by atoms with E-state index in [9.17, 15) is 13.6 Å². The van der Waals surface area contributed by atoms with Crippen LogP contribution in [0.3, 0.4) is 0 Å². The molecular formula is C15H13F2NO2. The van der Waals surface area contributed by atoms with Gasteiger partial charge < -0.3 is 10.5 Å². The Bertz CT molecular complexity index is 639. The summed E-state index contributed by atoms with van der Waals surface area (Å²) in [4.78, 5) is 12.1. The van der Waals surface area contributed by atoms with Gasteiger partial charge in [0.25, 0.3) is 0 Å². The Balaban J connectivity index is 2.33. The predicted octanol–water partition coefficient (Wildman–Crippen LogP) is 3.18. The number of benzene rings is 2. The maximum Gasteiger partial charge on any atom is 0.196 e. The zero-order chi connectivity index (χ0) is 14.7. The molecule has 0 aliphatic carbocycles. The summed E-state index contributed by atoms with van der Waals surface area (Å²) in [5.74, 6) is -1.76. The second kappa shape index (κ2) is 5.69. The molecule has 0 amide bonds. The molecule has 3 nitrogen and oxygen atoms in total. The van der Waals surface area contributed by atoms with Crippen LogP contribution in [0.1, 0.15) is 22.8 Å². The fourth-order valence-electron chi connectivity index (χ4n) is 1.76. The van der Waals surface area contributed by atoms with Crippen LogP contribution in [0.2, 0.25) is 0 Å². The quantitative estimate of drug-likeness (QED) is 0.689. The first-order chi connectivity index (χ1) is 9.52. The lowest BCUT2D eigenvalue weighted by molar-refractivity contribution is 0.103. The van der Waals surface area contributed by atoms with Crippen molar-refractivity contribution in [3.63, 3.8) is 0 Å². The van der Waals surface area contributed by atoms with Crippen LogP contribution in [-0.4, -0.2) is 12.4 Å². The molecule has 2 aromatic carbocycles. The van der Waals surface area contributed by atoms with Crippen LogP contribution >= 0.6 is 0 Å². The summed E-state index contributed by atoms with van der Waals surface area (Å²) in [5.41, 5.74) is 5.11. The third-order valence-electron chi connectivity index (χ3n) is 2.76. The first-order valence-electron chi connectivity index (χ1n) is 6.05. The number of hydrogen-bond donors (Lipinski definition) is 1. The van der Waals surface area contributed by atoms with Crippen molar-refractivity contribution in [3.8, 4) is 5.75 Å². The topological polar surface area (TPSA) is 52.3 Å². The number of hydrogen-bond acceptors (Lipinski definition) is 3. The number of ketones is 1. The zero-order valence-electron chi connectivity index (χ0n) is 10.8. The van der Waals surface area contributed by atoms with E-state index in [4.69, 9.17) is 10.5 Å². The molecule has 0 aliphatic rings. The molecule has 104 valence electrons. The van der Waals surface area contributed by atoms with E-state index in [-0.39, 0.29) is 16.8 Å². The second-order valence-electron chi connectivity index (χ2n) is 4.14. The first-order valence-corrected chi connectivity index (χ1v) is 6.05. The number of anilines is 1. The van der Waals surface area contributed by atoms with Crippen LogP contribution in [0, 0.1) is 11.6 Å². The Hall–Kier alpha value is -2.43. The van der Waals surface area contributed by atoms with E-state index in [1.165, 1.54) is 12.1 Å². The normalized spacial score (nSPS) is 10.3. The second-order valence-corrected chi connectivity index (χ2v) is 4.14. The van der Waals surface area contributed by atoms with Crippen LogP contribution in [0.4, 0.5) is 14.5 Å². The lowest BCUT2D eigenvalue weighted by Crippen LogP contribution is -2.06. The number of nitrogens with two attached hydrogens (primary N) is 1. The van der Waals surface area contributed by atoms with Gasteiger partial charge in [-0.25, -0.2) is 8.78 Å². The van der Waals surface area contributed by atoms with Crippen LogP contribution in [-0.2, 0) is 0 Å². The van der Waals surface area contributed by atoms with E-state index in [1.54, 1.807) is 12.1 Å². The molecule has 0 atom stereocenters. The smallest absolute Gasteiger partial charge is 0.196 e. The Kier molecular flexibility index (Phi) is 3.98. The van der Waals surface area contributed by atoms with Crippen molar-refractivity contribution in [3.05, 3.63) is 59.2 Å². The van der Waals surface area contributed by atoms with Gasteiger partial charge in [-0.05, 0) is 37.3 Å². The molecule has 0 saturated carbocycles. The highest BCUT2D eigenvalue weighted by atomic mass is 19.1. The number of rotatable bonds is 4. The molecule has 0 aliphatic heterocycles. The number of ether oxygens (including phenoxy) is 1. The van der Waals surface area contributed by atoms with Crippen molar-refractivity contribution < 1.29 is 18.3 Å². The van der Waals surface area contributed by atoms with Gasteiger partial charge in [-0.15, -0.1) is 0 Å². The van der Waals surface area contributed by atoms with Crippen molar-refractivity contribution in [2.45, 2.75) is 6.92 Å². The molecule has 0 radical (unpaired) electrons. The molecule has 0 fully saturated rings. The summed E-state index contributed by atoms with van der Waals surface area (Å²) >= 11 is 0. The van der Waals surface area contributed by atoms with Crippen molar-refractivity contribution in [2.24, 2.45) is 0 Å². The maximum atomic E-state index is 13.6. The van der Waals surface area contributed by atoms with E-state index in [0.717, 1.165) is 6.07 Å². The minimum atomic E-state index is -0.935. The van der Waals surface area contributed by atoms with Crippen molar-refractivity contribution >= 4 is 11.5 Å². The highest BCUT2D eigenvalue weighted by molar-refractivity contribution is 6.09. The molecule has 5 heteroatoms. The molecule has 0 saturated heterocycles. The van der Waals surface area contributed by atoms with Crippen LogP contribution in [0.5, 0.6) is 5.75 Å². The molecule has 2 N–H and O–H groups in total. The average molecular weight is 277 g/mol. The lowest BCUT2D eigenvalue weighted by atomic mass is 10.0. The molecular weight excluding hydrogens is 264 g/mol. The number of halogens is 2. The van der Waals surface area contributed by atoms with Gasteiger partial charge in [0, 0.05) is 11.6 Å². The van der Waals surface area contributed by atoms with Crippen molar-refractivity contribution in [1.82, 2.24) is 0 Å². The van der Waals surface area contributed by atoms with Gasteiger partial charge in [-0.1, -0.05) is 0 Å². The fraction of sp³-hybridized carbons (Fsp3) is 0.133. The zero-order valence-corrected chi connectivity index (χ0v) is 10.8. The molecule has 2 aromatic rings. The number of carbonyl (C=O) groups is 1. The van der Waals surface area contributed by atoms with E-state index >= 15 is 0 Å². The number of nitrogen functional groups attached to an aromatic ring is 1. The standard InChI is InChI=1S/C15H13F2NO2/c1-2-20-10-5-3-9(4-6-10)15(19)11-7-14(18)13(17)8-12(11)16/h3-8H,2,18H2,1H3. The third kappa shape index (κ3) is 2.77. The summed E-state index contributed by atoms with van der Waals surface area (Å²) in [6, 6.07) is 7.88.